The van der Waals surface area contributed by atoms with Gasteiger partial charge in [-0.25, -0.2) is 8.78 Å². The van der Waals surface area contributed by atoms with Gasteiger partial charge in [0.2, 0.25) is 5.91 Å². The van der Waals surface area contributed by atoms with Crippen LogP contribution < -0.4 is 10.1 Å². The predicted molar refractivity (Wildman–Crippen MR) is 117 cm³/mol. The Labute approximate surface area is 185 Å². The summed E-state index contributed by atoms with van der Waals surface area (Å²) in [4.78, 5) is 27.2. The molecule has 3 aromatic carbocycles. The fourth-order valence-corrected chi connectivity index (χ4v) is 3.31. The summed E-state index contributed by atoms with van der Waals surface area (Å²) in [5.74, 6) is -2.14. The van der Waals surface area contributed by atoms with E-state index in [1.54, 1.807) is 24.3 Å². The highest BCUT2D eigenvalue weighted by atomic mass is 19.1. The third-order valence-corrected chi connectivity index (χ3v) is 5.00. The second-order valence-corrected chi connectivity index (χ2v) is 7.15. The highest BCUT2D eigenvalue weighted by molar-refractivity contribution is 5.88. The van der Waals surface area contributed by atoms with Crippen LogP contribution in [0.1, 0.15) is 11.1 Å². The van der Waals surface area contributed by atoms with Crippen LogP contribution in [0.3, 0.4) is 0 Å². The number of nitrogens with one attached hydrogen (secondary N) is 1. The third-order valence-electron chi connectivity index (χ3n) is 5.00. The summed E-state index contributed by atoms with van der Waals surface area (Å²) in [5.41, 5.74) is 1.09. The molecule has 0 aliphatic carbocycles. The molecule has 0 bridgehead atoms. The number of ether oxygens (including phenoxy) is 1. The lowest BCUT2D eigenvalue weighted by Crippen LogP contribution is -2.51. The number of rotatable bonds is 9. The fourth-order valence-electron chi connectivity index (χ4n) is 3.31. The van der Waals surface area contributed by atoms with Crippen LogP contribution >= 0.6 is 0 Å². The lowest BCUT2D eigenvalue weighted by atomic mass is 10.0. The molecule has 7 heteroatoms. The standard InChI is InChI=1S/C25H24F2N2O3/c1-28-25(31)22(15-18-9-3-2-4-10-18)29(16-19-11-5-6-12-20(19)26)24(30)17-32-23-14-8-7-13-21(23)27/h2-14,22H,15-17H2,1H3,(H,28,31)/t22-/m0/s1. The number of carbonyl (C=O) groups is 2. The van der Waals surface area contributed by atoms with Gasteiger partial charge < -0.3 is 15.0 Å². The quantitative estimate of drug-likeness (QED) is 0.554. The molecule has 0 spiro atoms. The van der Waals surface area contributed by atoms with E-state index in [1.807, 2.05) is 30.3 Å². The molecular weight excluding hydrogens is 414 g/mol. The lowest BCUT2D eigenvalue weighted by molar-refractivity contribution is -0.142. The Bertz CT molecular complexity index is 1060. The van der Waals surface area contributed by atoms with E-state index in [1.165, 1.54) is 36.2 Å². The Kier molecular flexibility index (Phi) is 7.91. The molecule has 0 saturated heterocycles. The van der Waals surface area contributed by atoms with Crippen molar-refractivity contribution in [2.24, 2.45) is 0 Å². The summed E-state index contributed by atoms with van der Waals surface area (Å²) in [6.45, 7) is -0.644. The van der Waals surface area contributed by atoms with Crippen LogP contribution in [0.2, 0.25) is 0 Å². The monoisotopic (exact) mass is 438 g/mol. The molecule has 0 heterocycles. The smallest absolute Gasteiger partial charge is 0.261 e. The average Bonchev–Trinajstić information content (AvgIpc) is 2.82. The molecule has 2 amide bonds. The Morgan fingerprint density at radius 3 is 2.19 bits per heavy atom. The summed E-state index contributed by atoms with van der Waals surface area (Å²) < 4.78 is 33.6. The van der Waals surface area contributed by atoms with Gasteiger partial charge in [-0.1, -0.05) is 60.7 Å². The molecule has 0 radical (unpaired) electrons. The Morgan fingerprint density at radius 1 is 0.906 bits per heavy atom. The number of hydrogen-bond donors (Lipinski definition) is 1. The Morgan fingerprint density at radius 2 is 1.53 bits per heavy atom. The number of likely N-dealkylation sites (N-methyl/N-ethyl adjacent to an activating group) is 1. The zero-order valence-corrected chi connectivity index (χ0v) is 17.6. The lowest BCUT2D eigenvalue weighted by Gasteiger charge is -2.31. The third kappa shape index (κ3) is 5.91. The molecule has 0 aromatic heterocycles. The number of benzene rings is 3. The summed E-state index contributed by atoms with van der Waals surface area (Å²) in [7, 11) is 1.47. The van der Waals surface area contributed by atoms with Crippen LogP contribution in [0, 0.1) is 11.6 Å². The molecule has 166 valence electrons. The molecular formula is C25H24F2N2O3. The molecule has 3 rings (SSSR count). The summed E-state index contributed by atoms with van der Waals surface area (Å²) in [6.07, 6.45) is 0.223. The molecule has 32 heavy (non-hydrogen) atoms. The number of nitrogens with zero attached hydrogens (tertiary/aromatic N) is 1. The Balaban J connectivity index is 1.89. The van der Waals surface area contributed by atoms with Crippen LogP contribution in [0.4, 0.5) is 8.78 Å². The van der Waals surface area contributed by atoms with Crippen LogP contribution in [-0.2, 0) is 22.6 Å². The van der Waals surface area contributed by atoms with Gasteiger partial charge in [0.05, 0.1) is 0 Å². The van der Waals surface area contributed by atoms with Gasteiger partial charge in [-0.05, 0) is 23.8 Å². The fraction of sp³-hybridized carbons (Fsp3) is 0.200. The van der Waals surface area contributed by atoms with Crippen molar-refractivity contribution in [3.63, 3.8) is 0 Å². The zero-order valence-electron chi connectivity index (χ0n) is 17.6. The molecule has 0 aliphatic rings. The van der Waals surface area contributed by atoms with Gasteiger partial charge in [0, 0.05) is 25.6 Å². The van der Waals surface area contributed by atoms with Gasteiger partial charge in [0.25, 0.3) is 5.91 Å². The zero-order chi connectivity index (χ0) is 22.9. The van der Waals surface area contributed by atoms with E-state index in [-0.39, 0.29) is 24.3 Å². The van der Waals surface area contributed by atoms with Crippen LogP contribution in [0.5, 0.6) is 5.75 Å². The van der Waals surface area contributed by atoms with Gasteiger partial charge in [0.15, 0.2) is 18.2 Å². The van der Waals surface area contributed by atoms with E-state index < -0.39 is 36.1 Å². The first-order valence-electron chi connectivity index (χ1n) is 10.2. The van der Waals surface area contributed by atoms with Gasteiger partial charge in [-0.2, -0.15) is 0 Å². The summed E-state index contributed by atoms with van der Waals surface area (Å²) in [5, 5.41) is 2.58. The van der Waals surface area contributed by atoms with Crippen molar-refractivity contribution in [3.05, 3.63) is 102 Å². The number of halogens is 2. The first-order chi connectivity index (χ1) is 15.5. The topological polar surface area (TPSA) is 58.6 Å². The average molecular weight is 438 g/mol. The van der Waals surface area contributed by atoms with Gasteiger partial charge >= 0.3 is 0 Å². The van der Waals surface area contributed by atoms with Crippen molar-refractivity contribution in [1.29, 1.82) is 0 Å². The van der Waals surface area contributed by atoms with Crippen LogP contribution in [0.15, 0.2) is 78.9 Å². The van der Waals surface area contributed by atoms with E-state index in [2.05, 4.69) is 5.32 Å². The molecule has 3 aromatic rings. The SMILES string of the molecule is CNC(=O)[C@H](Cc1ccccc1)N(Cc1ccccc1F)C(=O)COc1ccccc1F. The number of para-hydroxylation sites is 1. The van der Waals surface area contributed by atoms with Crippen molar-refractivity contribution in [2.45, 2.75) is 19.0 Å². The maximum Gasteiger partial charge on any atom is 0.261 e. The Hall–Kier alpha value is -3.74. The highest BCUT2D eigenvalue weighted by Gasteiger charge is 2.30. The first kappa shape index (κ1) is 22.9. The number of amides is 2. The number of carbonyl (C=O) groups excluding carboxylic acids is 2. The van der Waals surface area contributed by atoms with Gasteiger partial charge in [0.1, 0.15) is 11.9 Å². The summed E-state index contributed by atoms with van der Waals surface area (Å²) >= 11 is 0. The molecule has 0 saturated carbocycles. The largest absolute Gasteiger partial charge is 0.481 e. The number of hydrogen-bond acceptors (Lipinski definition) is 3. The molecule has 1 atom stereocenters. The van der Waals surface area contributed by atoms with Crippen LogP contribution in [-0.4, -0.2) is 36.4 Å². The van der Waals surface area contributed by atoms with E-state index in [0.29, 0.717) is 0 Å². The predicted octanol–water partition coefficient (Wildman–Crippen LogP) is 3.73. The summed E-state index contributed by atoms with van der Waals surface area (Å²) in [6, 6.07) is 20.1. The maximum absolute atomic E-state index is 14.4. The van der Waals surface area contributed by atoms with Crippen molar-refractivity contribution in [2.75, 3.05) is 13.7 Å². The molecule has 0 unspecified atom stereocenters. The first-order valence-corrected chi connectivity index (χ1v) is 10.2. The minimum Gasteiger partial charge on any atom is -0.481 e. The normalized spacial score (nSPS) is 11.5. The minimum atomic E-state index is -0.918. The second-order valence-electron chi connectivity index (χ2n) is 7.15. The van der Waals surface area contributed by atoms with Gasteiger partial charge in [-0.3, -0.25) is 9.59 Å². The molecule has 1 N–H and O–H groups in total. The van der Waals surface area contributed by atoms with Crippen molar-refractivity contribution < 1.29 is 23.1 Å². The van der Waals surface area contributed by atoms with E-state index in [0.717, 1.165) is 5.56 Å². The van der Waals surface area contributed by atoms with Crippen molar-refractivity contribution in [3.8, 4) is 5.75 Å². The maximum atomic E-state index is 14.4. The van der Waals surface area contributed by atoms with Crippen LogP contribution in [0.25, 0.3) is 0 Å². The highest BCUT2D eigenvalue weighted by Crippen LogP contribution is 2.19. The van der Waals surface area contributed by atoms with Crippen molar-refractivity contribution >= 4 is 11.8 Å². The molecule has 5 nitrogen and oxygen atoms in total. The van der Waals surface area contributed by atoms with Crippen molar-refractivity contribution in [1.82, 2.24) is 10.2 Å². The minimum absolute atomic E-state index is 0.0776. The molecule has 0 fully saturated rings. The van der Waals surface area contributed by atoms with E-state index >= 15 is 0 Å². The second kappa shape index (κ2) is 11.0. The van der Waals surface area contributed by atoms with E-state index in [4.69, 9.17) is 4.74 Å². The van der Waals surface area contributed by atoms with E-state index in [9.17, 15) is 18.4 Å². The van der Waals surface area contributed by atoms with Gasteiger partial charge in [-0.15, -0.1) is 0 Å². The molecule has 0 aliphatic heterocycles.